The lowest BCUT2D eigenvalue weighted by atomic mass is 9.90. The number of anilines is 1. The van der Waals surface area contributed by atoms with Gasteiger partial charge in [0.25, 0.3) is 5.69 Å². The first-order valence-corrected chi connectivity index (χ1v) is 7.11. The van der Waals surface area contributed by atoms with Gasteiger partial charge in [-0.15, -0.1) is 0 Å². The molecule has 7 heteroatoms. The molecule has 1 aromatic carbocycles. The van der Waals surface area contributed by atoms with Gasteiger partial charge in [-0.1, -0.05) is 11.6 Å². The summed E-state index contributed by atoms with van der Waals surface area (Å²) in [5.74, 6) is -0.260. The quantitative estimate of drug-likeness (QED) is 0.485. The number of ether oxygens (including phenoxy) is 1. The van der Waals surface area contributed by atoms with E-state index < -0.39 is 10.3 Å². The van der Waals surface area contributed by atoms with Crippen LogP contribution in [0.2, 0.25) is 5.02 Å². The van der Waals surface area contributed by atoms with Crippen molar-refractivity contribution in [1.29, 1.82) is 0 Å². The summed E-state index contributed by atoms with van der Waals surface area (Å²) in [6, 6.07) is 4.57. The molecule has 0 spiro atoms. The molecule has 0 bridgehead atoms. The van der Waals surface area contributed by atoms with Crippen molar-refractivity contribution in [3.8, 4) is 0 Å². The van der Waals surface area contributed by atoms with Crippen LogP contribution in [0.1, 0.15) is 20.3 Å². The number of rotatable bonds is 4. The third-order valence-corrected chi connectivity index (χ3v) is 3.95. The van der Waals surface area contributed by atoms with Crippen molar-refractivity contribution in [2.45, 2.75) is 20.3 Å². The molecule has 0 saturated carbocycles. The van der Waals surface area contributed by atoms with Crippen molar-refractivity contribution in [2.24, 2.45) is 5.41 Å². The summed E-state index contributed by atoms with van der Waals surface area (Å²) in [6.07, 6.45) is 0.603. The van der Waals surface area contributed by atoms with Crippen molar-refractivity contribution in [3.05, 3.63) is 33.3 Å². The molecular formula is C14H17ClN2O4. The molecule has 1 heterocycles. The Morgan fingerprint density at radius 3 is 2.90 bits per heavy atom. The minimum atomic E-state index is -0.635. The van der Waals surface area contributed by atoms with Crippen molar-refractivity contribution in [2.75, 3.05) is 24.6 Å². The maximum absolute atomic E-state index is 12.0. The molecule has 1 atom stereocenters. The summed E-state index contributed by atoms with van der Waals surface area (Å²) in [7, 11) is 0. The molecule has 0 aromatic heterocycles. The molecule has 0 aliphatic carbocycles. The highest BCUT2D eigenvalue weighted by molar-refractivity contribution is 6.30. The van der Waals surface area contributed by atoms with E-state index in [1.165, 1.54) is 6.07 Å². The SMILES string of the molecule is CCOC(=O)C1(C)CCN(c2ccc(Cl)cc2[N+](=O)[O-])C1. The highest BCUT2D eigenvalue weighted by Crippen LogP contribution is 2.39. The second-order valence-corrected chi connectivity index (χ2v) is 5.78. The second kappa shape index (κ2) is 5.89. The molecule has 1 aromatic rings. The fourth-order valence-corrected chi connectivity index (χ4v) is 2.72. The van der Waals surface area contributed by atoms with E-state index in [1.54, 1.807) is 19.1 Å². The number of esters is 1. The van der Waals surface area contributed by atoms with Gasteiger partial charge in [-0.05, 0) is 32.4 Å². The maximum atomic E-state index is 12.0. The third-order valence-electron chi connectivity index (χ3n) is 3.72. The number of nitro benzene ring substituents is 1. The molecule has 1 unspecified atom stereocenters. The van der Waals surface area contributed by atoms with Gasteiger partial charge in [-0.2, -0.15) is 0 Å². The summed E-state index contributed by atoms with van der Waals surface area (Å²) in [5, 5.41) is 11.5. The first kappa shape index (κ1) is 15.6. The Hall–Kier alpha value is -1.82. The van der Waals surface area contributed by atoms with Crippen LogP contribution in [-0.4, -0.2) is 30.6 Å². The molecule has 1 saturated heterocycles. The van der Waals surface area contributed by atoms with Crippen LogP contribution in [-0.2, 0) is 9.53 Å². The average Bonchev–Trinajstić information content (AvgIpc) is 2.83. The van der Waals surface area contributed by atoms with E-state index in [0.29, 0.717) is 36.8 Å². The molecular weight excluding hydrogens is 296 g/mol. The number of benzene rings is 1. The Labute approximate surface area is 127 Å². The van der Waals surface area contributed by atoms with Gasteiger partial charge >= 0.3 is 5.97 Å². The summed E-state index contributed by atoms with van der Waals surface area (Å²) < 4.78 is 5.09. The zero-order valence-electron chi connectivity index (χ0n) is 12.0. The first-order valence-electron chi connectivity index (χ1n) is 6.73. The standard InChI is InChI=1S/C14H17ClN2O4/c1-3-21-13(18)14(2)6-7-16(9-14)11-5-4-10(15)8-12(11)17(19)20/h4-5,8H,3,6-7,9H2,1-2H3. The zero-order valence-corrected chi connectivity index (χ0v) is 12.7. The smallest absolute Gasteiger partial charge is 0.313 e. The van der Waals surface area contributed by atoms with Crippen molar-refractivity contribution in [1.82, 2.24) is 0 Å². The van der Waals surface area contributed by atoms with E-state index in [9.17, 15) is 14.9 Å². The molecule has 6 nitrogen and oxygen atoms in total. The topological polar surface area (TPSA) is 72.7 Å². The lowest BCUT2D eigenvalue weighted by Crippen LogP contribution is -2.33. The van der Waals surface area contributed by atoms with Crippen LogP contribution in [0, 0.1) is 15.5 Å². The van der Waals surface area contributed by atoms with Crippen LogP contribution in [0.4, 0.5) is 11.4 Å². The number of nitrogens with zero attached hydrogens (tertiary/aromatic N) is 2. The summed E-state index contributed by atoms with van der Waals surface area (Å²) in [4.78, 5) is 24.6. The van der Waals surface area contributed by atoms with Crippen LogP contribution in [0.3, 0.4) is 0 Å². The summed E-state index contributed by atoms with van der Waals surface area (Å²) >= 11 is 5.82. The van der Waals surface area contributed by atoms with Crippen LogP contribution in [0.15, 0.2) is 18.2 Å². The molecule has 0 amide bonds. The van der Waals surface area contributed by atoms with E-state index in [0.717, 1.165) is 0 Å². The third kappa shape index (κ3) is 3.10. The molecule has 21 heavy (non-hydrogen) atoms. The number of hydrogen-bond donors (Lipinski definition) is 0. The van der Waals surface area contributed by atoms with Gasteiger partial charge < -0.3 is 9.64 Å². The molecule has 1 fully saturated rings. The number of carbonyl (C=O) groups is 1. The number of carbonyl (C=O) groups excluding carboxylic acids is 1. The maximum Gasteiger partial charge on any atom is 0.313 e. The molecule has 0 N–H and O–H groups in total. The summed E-state index contributed by atoms with van der Waals surface area (Å²) in [6.45, 7) is 4.88. The van der Waals surface area contributed by atoms with Gasteiger partial charge in [0.1, 0.15) is 5.69 Å². The molecule has 2 rings (SSSR count). The largest absolute Gasteiger partial charge is 0.466 e. The Morgan fingerprint density at radius 1 is 1.57 bits per heavy atom. The van der Waals surface area contributed by atoms with Crippen LogP contribution in [0.5, 0.6) is 0 Å². The van der Waals surface area contributed by atoms with Gasteiger partial charge in [0.05, 0.1) is 16.9 Å². The lowest BCUT2D eigenvalue weighted by molar-refractivity contribution is -0.384. The highest BCUT2D eigenvalue weighted by Gasteiger charge is 2.43. The van der Waals surface area contributed by atoms with Gasteiger partial charge in [-0.3, -0.25) is 14.9 Å². The van der Waals surface area contributed by atoms with E-state index in [2.05, 4.69) is 0 Å². The first-order chi connectivity index (χ1) is 9.87. The van der Waals surface area contributed by atoms with Crippen molar-refractivity contribution < 1.29 is 14.5 Å². The number of hydrogen-bond acceptors (Lipinski definition) is 5. The number of nitro groups is 1. The predicted molar refractivity (Wildman–Crippen MR) is 79.7 cm³/mol. The fraction of sp³-hybridized carbons (Fsp3) is 0.500. The van der Waals surface area contributed by atoms with Crippen molar-refractivity contribution >= 4 is 28.9 Å². The van der Waals surface area contributed by atoms with E-state index in [4.69, 9.17) is 16.3 Å². The molecule has 114 valence electrons. The van der Waals surface area contributed by atoms with Crippen molar-refractivity contribution in [3.63, 3.8) is 0 Å². The molecule has 1 aliphatic heterocycles. The predicted octanol–water partition coefficient (Wildman–Crippen LogP) is 3.03. The minimum Gasteiger partial charge on any atom is -0.466 e. The monoisotopic (exact) mass is 312 g/mol. The Balaban J connectivity index is 2.26. The van der Waals surface area contributed by atoms with Crippen LogP contribution >= 0.6 is 11.6 Å². The molecule has 1 aliphatic rings. The van der Waals surface area contributed by atoms with Crippen LogP contribution in [0.25, 0.3) is 0 Å². The Kier molecular flexibility index (Phi) is 4.37. The van der Waals surface area contributed by atoms with Gasteiger partial charge in [-0.25, -0.2) is 0 Å². The van der Waals surface area contributed by atoms with E-state index in [-0.39, 0.29) is 11.7 Å². The van der Waals surface area contributed by atoms with Gasteiger partial charge in [0.15, 0.2) is 0 Å². The zero-order chi connectivity index (χ0) is 15.6. The lowest BCUT2D eigenvalue weighted by Gasteiger charge is -2.23. The minimum absolute atomic E-state index is 0.0457. The Bertz CT molecular complexity index is 578. The summed E-state index contributed by atoms with van der Waals surface area (Å²) in [5.41, 5.74) is -0.197. The van der Waals surface area contributed by atoms with E-state index in [1.807, 2.05) is 11.8 Å². The molecule has 0 radical (unpaired) electrons. The van der Waals surface area contributed by atoms with Crippen LogP contribution < -0.4 is 4.90 Å². The average molecular weight is 313 g/mol. The van der Waals surface area contributed by atoms with Gasteiger partial charge in [0, 0.05) is 24.2 Å². The normalized spacial score (nSPS) is 21.4. The fourth-order valence-electron chi connectivity index (χ4n) is 2.55. The number of halogens is 1. The van der Waals surface area contributed by atoms with Gasteiger partial charge in [0.2, 0.25) is 0 Å². The second-order valence-electron chi connectivity index (χ2n) is 5.34. The van der Waals surface area contributed by atoms with E-state index >= 15 is 0 Å². The highest BCUT2D eigenvalue weighted by atomic mass is 35.5. The Morgan fingerprint density at radius 2 is 2.29 bits per heavy atom.